The molecule has 0 amide bonds. The van der Waals surface area contributed by atoms with Crippen LogP contribution in [0, 0.1) is 11.8 Å². The SMILES string of the molecule is COc1ccccc1[C@H](COC(=O)CCC(=O)O)OC1C[C@H]2COC[C@H]2C1. The van der Waals surface area contributed by atoms with Crippen molar-refractivity contribution in [1.29, 1.82) is 0 Å². The average Bonchev–Trinajstić information content (AvgIpc) is 3.25. The van der Waals surface area contributed by atoms with Gasteiger partial charge >= 0.3 is 11.9 Å². The highest BCUT2D eigenvalue weighted by atomic mass is 16.6. The molecule has 7 nitrogen and oxygen atoms in total. The summed E-state index contributed by atoms with van der Waals surface area (Å²) in [5, 5.41) is 8.70. The van der Waals surface area contributed by atoms with Crippen LogP contribution in [0.15, 0.2) is 24.3 Å². The fourth-order valence-corrected chi connectivity index (χ4v) is 3.86. The molecule has 1 N–H and O–H groups in total. The molecule has 1 aliphatic carbocycles. The van der Waals surface area contributed by atoms with Gasteiger partial charge in [0.25, 0.3) is 0 Å². The second-order valence-electron chi connectivity index (χ2n) is 7.09. The zero-order valence-electron chi connectivity index (χ0n) is 15.5. The number of carbonyl (C=O) groups excluding carboxylic acids is 1. The third-order valence-electron chi connectivity index (χ3n) is 5.24. The lowest BCUT2D eigenvalue weighted by atomic mass is 10.0. The van der Waals surface area contributed by atoms with Crippen LogP contribution in [0.25, 0.3) is 0 Å². The minimum Gasteiger partial charge on any atom is -0.496 e. The van der Waals surface area contributed by atoms with Crippen molar-refractivity contribution in [2.75, 3.05) is 26.9 Å². The molecule has 0 aromatic heterocycles. The van der Waals surface area contributed by atoms with Gasteiger partial charge in [0.05, 0.1) is 26.1 Å². The lowest BCUT2D eigenvalue weighted by Gasteiger charge is -2.24. The number of carboxylic acids is 1. The molecule has 1 aliphatic heterocycles. The Labute approximate surface area is 158 Å². The fraction of sp³-hybridized carbons (Fsp3) is 0.600. The van der Waals surface area contributed by atoms with Gasteiger partial charge in [-0.3, -0.25) is 9.59 Å². The van der Waals surface area contributed by atoms with Crippen molar-refractivity contribution in [1.82, 2.24) is 0 Å². The van der Waals surface area contributed by atoms with E-state index >= 15 is 0 Å². The largest absolute Gasteiger partial charge is 0.496 e. The number of methoxy groups -OCH3 is 1. The first kappa shape index (κ1) is 19.6. The van der Waals surface area contributed by atoms with Crippen LogP contribution in [0.2, 0.25) is 0 Å². The summed E-state index contributed by atoms with van der Waals surface area (Å²) in [5.41, 5.74) is 0.819. The van der Waals surface area contributed by atoms with Gasteiger partial charge in [-0.2, -0.15) is 0 Å². The standard InChI is InChI=1S/C20H26O7/c1-24-17-5-3-2-4-16(17)18(12-26-20(23)7-6-19(21)22)27-15-8-13-10-25-11-14(13)9-15/h2-5,13-15,18H,6-12H2,1H3,(H,21,22)/t13-,14+,15?,18-/m0/s1. The highest BCUT2D eigenvalue weighted by molar-refractivity contribution is 5.76. The van der Waals surface area contributed by atoms with Gasteiger partial charge in [0.15, 0.2) is 0 Å². The second kappa shape index (κ2) is 9.19. The van der Waals surface area contributed by atoms with Gasteiger partial charge in [0, 0.05) is 18.8 Å². The van der Waals surface area contributed by atoms with Crippen molar-refractivity contribution >= 4 is 11.9 Å². The molecule has 1 saturated carbocycles. The monoisotopic (exact) mass is 378 g/mol. The maximum Gasteiger partial charge on any atom is 0.306 e. The van der Waals surface area contributed by atoms with E-state index in [0.29, 0.717) is 17.6 Å². The Morgan fingerprint density at radius 2 is 1.89 bits per heavy atom. The maximum absolute atomic E-state index is 11.8. The number of para-hydroxylation sites is 1. The van der Waals surface area contributed by atoms with Crippen LogP contribution in [-0.2, 0) is 23.8 Å². The Hall–Kier alpha value is -2.12. The van der Waals surface area contributed by atoms with Gasteiger partial charge < -0.3 is 24.1 Å². The minimum atomic E-state index is -1.02. The van der Waals surface area contributed by atoms with Gasteiger partial charge in [-0.05, 0) is 30.7 Å². The summed E-state index contributed by atoms with van der Waals surface area (Å²) in [6.45, 7) is 1.60. The number of carboxylic acid groups (broad SMARTS) is 1. The number of fused-ring (bicyclic) bond motifs is 1. The van der Waals surface area contributed by atoms with Crippen LogP contribution in [0.4, 0.5) is 0 Å². The van der Waals surface area contributed by atoms with Gasteiger partial charge in [-0.1, -0.05) is 18.2 Å². The predicted molar refractivity (Wildman–Crippen MR) is 95.5 cm³/mol. The van der Waals surface area contributed by atoms with Crippen LogP contribution >= 0.6 is 0 Å². The number of rotatable bonds is 9. The van der Waals surface area contributed by atoms with Crippen LogP contribution in [-0.4, -0.2) is 50.1 Å². The molecule has 0 radical (unpaired) electrons. The van der Waals surface area contributed by atoms with Crippen molar-refractivity contribution in [3.63, 3.8) is 0 Å². The number of esters is 1. The van der Waals surface area contributed by atoms with E-state index in [1.165, 1.54) is 0 Å². The van der Waals surface area contributed by atoms with E-state index in [9.17, 15) is 9.59 Å². The van der Waals surface area contributed by atoms with E-state index in [4.69, 9.17) is 24.1 Å². The first-order chi connectivity index (χ1) is 13.1. The van der Waals surface area contributed by atoms with Gasteiger partial charge in [-0.15, -0.1) is 0 Å². The molecule has 7 heteroatoms. The Kier molecular flexibility index (Phi) is 6.68. The van der Waals surface area contributed by atoms with Crippen molar-refractivity contribution in [3.05, 3.63) is 29.8 Å². The molecule has 3 rings (SSSR count). The maximum atomic E-state index is 11.8. The van der Waals surface area contributed by atoms with E-state index in [2.05, 4.69) is 0 Å². The number of carbonyl (C=O) groups is 2. The predicted octanol–water partition coefficient (Wildman–Crippen LogP) is 2.59. The highest BCUT2D eigenvalue weighted by Crippen LogP contribution is 2.40. The number of ether oxygens (including phenoxy) is 4. The van der Waals surface area contributed by atoms with Crippen LogP contribution < -0.4 is 4.74 Å². The smallest absolute Gasteiger partial charge is 0.306 e. The second-order valence-corrected chi connectivity index (χ2v) is 7.09. The molecule has 2 aliphatic rings. The summed E-state index contributed by atoms with van der Waals surface area (Å²) < 4.78 is 22.6. The van der Waals surface area contributed by atoms with Gasteiger partial charge in [-0.25, -0.2) is 0 Å². The molecule has 1 saturated heterocycles. The molecule has 0 spiro atoms. The quantitative estimate of drug-likeness (QED) is 0.660. The van der Waals surface area contributed by atoms with Crippen molar-refractivity contribution in [2.45, 2.75) is 37.9 Å². The van der Waals surface area contributed by atoms with Gasteiger partial charge in [0.1, 0.15) is 18.5 Å². The Balaban J connectivity index is 1.65. The Morgan fingerprint density at radius 3 is 2.56 bits per heavy atom. The molecule has 0 bridgehead atoms. The normalized spacial score (nSPS) is 25.0. The lowest BCUT2D eigenvalue weighted by Crippen LogP contribution is -2.22. The molecule has 27 heavy (non-hydrogen) atoms. The molecular weight excluding hydrogens is 352 g/mol. The van der Waals surface area contributed by atoms with Crippen LogP contribution in [0.1, 0.15) is 37.4 Å². The molecular formula is C20H26O7. The fourth-order valence-electron chi connectivity index (χ4n) is 3.86. The van der Waals surface area contributed by atoms with Crippen molar-refractivity contribution in [2.24, 2.45) is 11.8 Å². The average molecular weight is 378 g/mol. The molecule has 1 aromatic rings. The van der Waals surface area contributed by atoms with Gasteiger partial charge in [0.2, 0.25) is 0 Å². The lowest BCUT2D eigenvalue weighted by molar-refractivity contribution is -0.152. The van der Waals surface area contributed by atoms with E-state index in [1.54, 1.807) is 7.11 Å². The summed E-state index contributed by atoms with van der Waals surface area (Å²) in [6.07, 6.45) is 1.09. The molecule has 1 aromatic carbocycles. The summed E-state index contributed by atoms with van der Waals surface area (Å²) >= 11 is 0. The number of hydrogen-bond acceptors (Lipinski definition) is 6. The summed E-state index contributed by atoms with van der Waals surface area (Å²) in [6, 6.07) is 7.50. The van der Waals surface area contributed by atoms with E-state index < -0.39 is 18.0 Å². The summed E-state index contributed by atoms with van der Waals surface area (Å²) in [7, 11) is 1.59. The minimum absolute atomic E-state index is 0.0289. The molecule has 4 atom stereocenters. The summed E-state index contributed by atoms with van der Waals surface area (Å²) in [5.74, 6) is 0.172. The molecule has 1 heterocycles. The molecule has 148 valence electrons. The third kappa shape index (κ3) is 5.20. The highest BCUT2D eigenvalue weighted by Gasteiger charge is 2.40. The topological polar surface area (TPSA) is 91.3 Å². The zero-order valence-corrected chi connectivity index (χ0v) is 15.5. The Bertz CT molecular complexity index is 647. The first-order valence-corrected chi connectivity index (χ1v) is 9.30. The first-order valence-electron chi connectivity index (χ1n) is 9.30. The summed E-state index contributed by atoms with van der Waals surface area (Å²) in [4.78, 5) is 22.5. The van der Waals surface area contributed by atoms with E-state index in [1.807, 2.05) is 24.3 Å². The van der Waals surface area contributed by atoms with Crippen LogP contribution in [0.5, 0.6) is 5.75 Å². The van der Waals surface area contributed by atoms with Crippen LogP contribution in [0.3, 0.4) is 0 Å². The number of hydrogen-bond donors (Lipinski definition) is 1. The molecule has 2 fully saturated rings. The molecule has 1 unspecified atom stereocenters. The number of aliphatic carboxylic acids is 1. The third-order valence-corrected chi connectivity index (χ3v) is 5.24. The Morgan fingerprint density at radius 1 is 1.19 bits per heavy atom. The van der Waals surface area contributed by atoms with Crippen molar-refractivity contribution in [3.8, 4) is 5.75 Å². The van der Waals surface area contributed by atoms with E-state index in [-0.39, 0.29) is 25.6 Å². The number of benzene rings is 1. The van der Waals surface area contributed by atoms with Crippen molar-refractivity contribution < 1.29 is 33.6 Å². The zero-order chi connectivity index (χ0) is 19.2. The van der Waals surface area contributed by atoms with E-state index in [0.717, 1.165) is 31.6 Å².